The first-order valence-corrected chi connectivity index (χ1v) is 12.1. The van der Waals surface area contributed by atoms with E-state index < -0.39 is 15.9 Å². The number of hydrogen-bond acceptors (Lipinski definition) is 4. The predicted molar refractivity (Wildman–Crippen MR) is 123 cm³/mol. The van der Waals surface area contributed by atoms with Crippen molar-refractivity contribution in [1.82, 2.24) is 0 Å². The Labute approximate surface area is 196 Å². The van der Waals surface area contributed by atoms with Crippen LogP contribution in [-0.2, 0) is 29.7 Å². The van der Waals surface area contributed by atoms with Crippen LogP contribution in [0.5, 0.6) is 5.75 Å². The van der Waals surface area contributed by atoms with Gasteiger partial charge in [-0.25, -0.2) is 4.39 Å². The molecule has 3 aromatic rings. The maximum Gasteiger partial charge on any atom is 0.294 e. The molecule has 0 unspecified atom stereocenters. The highest BCUT2D eigenvalue weighted by Crippen LogP contribution is 2.35. The fourth-order valence-electron chi connectivity index (χ4n) is 3.89. The molecule has 0 atom stereocenters. The van der Waals surface area contributed by atoms with Gasteiger partial charge in [-0.1, -0.05) is 35.3 Å². The summed E-state index contributed by atoms with van der Waals surface area (Å²) in [6, 6.07) is 14.5. The predicted octanol–water partition coefficient (Wildman–Crippen LogP) is 5.91. The Morgan fingerprint density at radius 2 is 1.78 bits per heavy atom. The molecular weight excluding hydrogens is 476 g/mol. The minimum absolute atomic E-state index is 0.0150. The summed E-state index contributed by atoms with van der Waals surface area (Å²) in [5.41, 5.74) is 2.48. The lowest BCUT2D eigenvalue weighted by atomic mass is 10.0. The van der Waals surface area contributed by atoms with Crippen LogP contribution < -0.4 is 9.64 Å². The molecule has 5 nitrogen and oxygen atoms in total. The second-order valence-electron chi connectivity index (χ2n) is 7.53. The van der Waals surface area contributed by atoms with Gasteiger partial charge < -0.3 is 9.64 Å². The molecule has 0 aromatic heterocycles. The van der Waals surface area contributed by atoms with Crippen molar-refractivity contribution >= 4 is 39.0 Å². The third kappa shape index (κ3) is 5.02. The molecule has 0 spiro atoms. The van der Waals surface area contributed by atoms with Gasteiger partial charge in [0.15, 0.2) is 0 Å². The Morgan fingerprint density at radius 3 is 2.53 bits per heavy atom. The summed E-state index contributed by atoms with van der Waals surface area (Å²) in [4.78, 5) is 1.95. The topological polar surface area (TPSA) is 66.8 Å². The van der Waals surface area contributed by atoms with Crippen LogP contribution in [0, 0.1) is 5.82 Å². The second kappa shape index (κ2) is 9.27. The van der Waals surface area contributed by atoms with Gasteiger partial charge in [0.2, 0.25) is 0 Å². The van der Waals surface area contributed by atoms with Crippen molar-refractivity contribution in [3.05, 3.63) is 87.2 Å². The summed E-state index contributed by atoms with van der Waals surface area (Å²) in [5.74, 6) is 0.0949. The average molecular weight is 496 g/mol. The number of benzene rings is 3. The summed E-state index contributed by atoms with van der Waals surface area (Å²) in [5, 5.41) is 0.834. The molecule has 32 heavy (non-hydrogen) atoms. The Bertz CT molecular complexity index is 1270. The minimum Gasteiger partial charge on any atom is -0.488 e. The molecule has 168 valence electrons. The van der Waals surface area contributed by atoms with E-state index in [1.165, 1.54) is 12.1 Å². The molecule has 1 aliphatic rings. The molecule has 0 fully saturated rings. The van der Waals surface area contributed by atoms with Gasteiger partial charge in [-0.3, -0.25) is 4.55 Å². The number of nitrogens with zero attached hydrogens (tertiary/aromatic N) is 1. The van der Waals surface area contributed by atoms with E-state index in [1.54, 1.807) is 36.4 Å². The molecule has 0 bridgehead atoms. The van der Waals surface area contributed by atoms with E-state index in [1.807, 2.05) is 11.0 Å². The lowest BCUT2D eigenvalue weighted by Crippen LogP contribution is -2.30. The summed E-state index contributed by atoms with van der Waals surface area (Å²) in [6.07, 6.45) is 1.28. The van der Waals surface area contributed by atoms with Crippen LogP contribution in [0.2, 0.25) is 10.0 Å². The molecule has 1 aliphatic heterocycles. The fourth-order valence-corrected chi connectivity index (χ4v) is 5.01. The Kier molecular flexibility index (Phi) is 6.62. The Balaban J connectivity index is 1.61. The van der Waals surface area contributed by atoms with Gasteiger partial charge in [-0.15, -0.1) is 0 Å². The van der Waals surface area contributed by atoms with Crippen molar-refractivity contribution in [1.29, 1.82) is 0 Å². The first-order valence-electron chi connectivity index (χ1n) is 9.92. The second-order valence-corrected chi connectivity index (χ2v) is 9.79. The monoisotopic (exact) mass is 495 g/mol. The van der Waals surface area contributed by atoms with Crippen molar-refractivity contribution in [3.63, 3.8) is 0 Å². The lowest BCUT2D eigenvalue weighted by molar-refractivity contribution is 0.296. The van der Waals surface area contributed by atoms with Gasteiger partial charge in [0.05, 0.1) is 4.90 Å². The van der Waals surface area contributed by atoms with Crippen molar-refractivity contribution < 1.29 is 22.1 Å². The van der Waals surface area contributed by atoms with E-state index in [-0.39, 0.29) is 11.5 Å². The van der Waals surface area contributed by atoms with Crippen LogP contribution in [0.25, 0.3) is 0 Å². The van der Waals surface area contributed by atoms with Crippen molar-refractivity contribution in [2.45, 2.75) is 30.9 Å². The standard InChI is InChI=1S/C23H20Cl2FNO4S/c24-17-8-9-22(31-14-15-6-7-18(25)12-20(15)26)16(11-17)13-27-10-2-3-19-21(27)4-1-5-23(19)32(28,29)30/h1,4-9,11-12H,2-3,10,13-14H2,(H,28,29,30). The van der Waals surface area contributed by atoms with Gasteiger partial charge in [0.1, 0.15) is 18.2 Å². The zero-order valence-corrected chi connectivity index (χ0v) is 19.2. The third-order valence-corrected chi connectivity index (χ3v) is 6.77. The molecule has 0 saturated heterocycles. The van der Waals surface area contributed by atoms with Crippen LogP contribution in [0.15, 0.2) is 59.5 Å². The van der Waals surface area contributed by atoms with E-state index in [0.717, 1.165) is 17.7 Å². The van der Waals surface area contributed by atoms with Crippen LogP contribution in [0.4, 0.5) is 10.1 Å². The maximum atomic E-state index is 14.1. The first kappa shape index (κ1) is 22.9. The maximum absolute atomic E-state index is 14.1. The number of anilines is 1. The highest BCUT2D eigenvalue weighted by Gasteiger charge is 2.25. The number of hydrogen-bond donors (Lipinski definition) is 1. The molecule has 0 saturated carbocycles. The third-order valence-electron chi connectivity index (χ3n) is 5.36. The molecule has 0 amide bonds. The number of ether oxygens (including phenoxy) is 1. The zero-order valence-electron chi connectivity index (χ0n) is 16.9. The smallest absolute Gasteiger partial charge is 0.294 e. The quantitative estimate of drug-likeness (QED) is 0.430. The fraction of sp³-hybridized carbons (Fsp3) is 0.217. The minimum atomic E-state index is -4.32. The molecule has 0 radical (unpaired) electrons. The average Bonchev–Trinajstić information content (AvgIpc) is 2.73. The van der Waals surface area contributed by atoms with E-state index in [4.69, 9.17) is 27.9 Å². The molecule has 0 aliphatic carbocycles. The normalized spacial score (nSPS) is 13.7. The number of fused-ring (bicyclic) bond motifs is 1. The highest BCUT2D eigenvalue weighted by molar-refractivity contribution is 7.85. The summed E-state index contributed by atoms with van der Waals surface area (Å²) in [7, 11) is -4.32. The summed E-state index contributed by atoms with van der Waals surface area (Å²) < 4.78 is 53.2. The van der Waals surface area contributed by atoms with E-state index in [2.05, 4.69) is 0 Å². The zero-order chi connectivity index (χ0) is 22.9. The van der Waals surface area contributed by atoms with E-state index in [0.29, 0.717) is 46.4 Å². The van der Waals surface area contributed by atoms with Crippen molar-refractivity contribution in [2.75, 3.05) is 11.4 Å². The van der Waals surface area contributed by atoms with E-state index in [9.17, 15) is 17.4 Å². The molecule has 4 rings (SSSR count). The Hall–Kier alpha value is -2.32. The van der Waals surface area contributed by atoms with Gasteiger partial charge >= 0.3 is 0 Å². The van der Waals surface area contributed by atoms with Crippen LogP contribution in [-0.4, -0.2) is 19.5 Å². The van der Waals surface area contributed by atoms with Crippen molar-refractivity contribution in [2.24, 2.45) is 0 Å². The van der Waals surface area contributed by atoms with E-state index >= 15 is 0 Å². The van der Waals surface area contributed by atoms with Crippen LogP contribution >= 0.6 is 23.2 Å². The van der Waals surface area contributed by atoms with Gasteiger partial charge in [0.25, 0.3) is 10.1 Å². The van der Waals surface area contributed by atoms with Crippen LogP contribution in [0.1, 0.15) is 23.1 Å². The first-order chi connectivity index (χ1) is 15.2. The highest BCUT2D eigenvalue weighted by atomic mass is 35.5. The molecule has 1 N–H and O–H groups in total. The number of halogens is 3. The Morgan fingerprint density at radius 1 is 1.03 bits per heavy atom. The van der Waals surface area contributed by atoms with Gasteiger partial charge in [0, 0.05) is 39.9 Å². The molecule has 3 aromatic carbocycles. The van der Waals surface area contributed by atoms with Gasteiger partial charge in [-0.05, 0) is 60.9 Å². The van der Waals surface area contributed by atoms with Crippen molar-refractivity contribution in [3.8, 4) is 5.75 Å². The summed E-state index contributed by atoms with van der Waals surface area (Å²) in [6.45, 7) is 1.11. The summed E-state index contributed by atoms with van der Waals surface area (Å²) >= 11 is 12.0. The molecular formula is C23H20Cl2FNO4S. The van der Waals surface area contributed by atoms with Crippen LogP contribution in [0.3, 0.4) is 0 Å². The largest absolute Gasteiger partial charge is 0.488 e. The number of rotatable bonds is 6. The SMILES string of the molecule is O=S(=O)(O)c1cccc2c1CCCN2Cc1cc(Cl)ccc1OCc1ccc(Cl)cc1F. The van der Waals surface area contributed by atoms with Gasteiger partial charge in [-0.2, -0.15) is 8.42 Å². The molecule has 1 heterocycles. The lowest BCUT2D eigenvalue weighted by Gasteiger charge is -2.32. The molecule has 9 heteroatoms.